The van der Waals surface area contributed by atoms with Crippen LogP contribution in [0, 0.1) is 5.92 Å². The number of benzene rings is 2. The molecule has 0 fully saturated rings. The van der Waals surface area contributed by atoms with E-state index >= 15 is 0 Å². The maximum atomic E-state index is 9.87. The summed E-state index contributed by atoms with van der Waals surface area (Å²) in [5, 5.41) is 10.6. The van der Waals surface area contributed by atoms with Gasteiger partial charge in [-0.3, -0.25) is 0 Å². The summed E-state index contributed by atoms with van der Waals surface area (Å²) in [6, 6.07) is 15.5. The maximum Gasteiger partial charge on any atom is 0.116 e. The fourth-order valence-corrected chi connectivity index (χ4v) is 3.53. The van der Waals surface area contributed by atoms with Crippen molar-refractivity contribution in [3.05, 3.63) is 76.3 Å². The molecule has 0 heterocycles. The van der Waals surface area contributed by atoms with E-state index in [1.165, 1.54) is 11.1 Å². The van der Waals surface area contributed by atoms with E-state index in [4.69, 9.17) is 11.6 Å². The number of nitrogens with zero attached hydrogens (tertiary/aromatic N) is 1. The molecule has 25 heavy (non-hydrogen) atoms. The van der Waals surface area contributed by atoms with Gasteiger partial charge in [-0.1, -0.05) is 48.0 Å². The molecule has 1 aliphatic carbocycles. The molecular weight excluding hydrogens is 330 g/mol. The molecule has 1 aliphatic rings. The fraction of sp³-hybridized carbons (Fsp3) is 0.273. The van der Waals surface area contributed by atoms with Gasteiger partial charge in [0.25, 0.3) is 0 Å². The van der Waals surface area contributed by atoms with Crippen LogP contribution in [0.25, 0.3) is 11.6 Å². The van der Waals surface area contributed by atoms with E-state index in [9.17, 15) is 5.11 Å². The van der Waals surface area contributed by atoms with Gasteiger partial charge in [0.1, 0.15) is 5.75 Å². The van der Waals surface area contributed by atoms with Crippen molar-refractivity contribution in [3.63, 3.8) is 0 Å². The van der Waals surface area contributed by atoms with E-state index < -0.39 is 0 Å². The molecule has 0 spiro atoms. The standard InChI is InChI=1S/C22H24ClNO/c1-24(2)15-19-9-6-17(12-16-7-10-20(23)11-8-16)13-22(19)18-4-3-5-21(25)14-18/h3-5,7-8,10-14,19,25H,6,9,15H2,1-2H3/b17-12-. The molecule has 1 N–H and O–H groups in total. The van der Waals surface area contributed by atoms with Crippen molar-refractivity contribution >= 4 is 23.3 Å². The second-order valence-corrected chi connectivity index (χ2v) is 7.36. The number of hydrogen-bond donors (Lipinski definition) is 1. The highest BCUT2D eigenvalue weighted by atomic mass is 35.5. The lowest BCUT2D eigenvalue weighted by atomic mass is 9.81. The Hall–Kier alpha value is -2.03. The maximum absolute atomic E-state index is 9.87. The molecule has 130 valence electrons. The molecule has 0 saturated carbocycles. The van der Waals surface area contributed by atoms with Crippen molar-refractivity contribution in [1.29, 1.82) is 0 Å². The van der Waals surface area contributed by atoms with Gasteiger partial charge in [0, 0.05) is 11.6 Å². The van der Waals surface area contributed by atoms with E-state index in [0.29, 0.717) is 11.7 Å². The third kappa shape index (κ3) is 4.75. The second-order valence-electron chi connectivity index (χ2n) is 6.92. The molecule has 0 aliphatic heterocycles. The first-order valence-electron chi connectivity index (χ1n) is 8.63. The molecule has 0 radical (unpaired) electrons. The molecule has 0 amide bonds. The highest BCUT2D eigenvalue weighted by Gasteiger charge is 2.22. The van der Waals surface area contributed by atoms with Crippen molar-refractivity contribution in [2.75, 3.05) is 20.6 Å². The Balaban J connectivity index is 1.97. The zero-order chi connectivity index (χ0) is 17.8. The van der Waals surface area contributed by atoms with Crippen LogP contribution in [0.3, 0.4) is 0 Å². The van der Waals surface area contributed by atoms with Crippen LogP contribution in [0.15, 0.2) is 60.2 Å². The van der Waals surface area contributed by atoms with Gasteiger partial charge in [-0.15, -0.1) is 0 Å². The molecular formula is C22H24ClNO. The molecule has 3 heteroatoms. The lowest BCUT2D eigenvalue weighted by Crippen LogP contribution is -2.24. The normalized spacial score (nSPS) is 19.3. The molecule has 2 aromatic rings. The number of phenolic OH excluding ortho intramolecular Hbond substituents is 1. The van der Waals surface area contributed by atoms with Crippen molar-refractivity contribution in [2.45, 2.75) is 12.8 Å². The SMILES string of the molecule is CN(C)CC1CC/C(=C/c2ccc(Cl)cc2)C=C1c1cccc(O)c1. The van der Waals surface area contributed by atoms with Gasteiger partial charge in [0.15, 0.2) is 0 Å². The molecule has 3 rings (SSSR count). The summed E-state index contributed by atoms with van der Waals surface area (Å²) in [7, 11) is 4.22. The Morgan fingerprint density at radius 2 is 1.92 bits per heavy atom. The van der Waals surface area contributed by atoms with Crippen LogP contribution >= 0.6 is 11.6 Å². The smallest absolute Gasteiger partial charge is 0.116 e. The first-order chi connectivity index (χ1) is 12.0. The zero-order valence-corrected chi connectivity index (χ0v) is 15.5. The second kappa shape index (κ2) is 7.90. The minimum absolute atomic E-state index is 0.316. The predicted octanol–water partition coefficient (Wildman–Crippen LogP) is 5.48. The van der Waals surface area contributed by atoms with Gasteiger partial charge >= 0.3 is 0 Å². The summed E-state index contributed by atoms with van der Waals surface area (Å²) in [4.78, 5) is 2.23. The molecule has 1 atom stereocenters. The number of rotatable bonds is 4. The molecule has 0 aromatic heterocycles. The minimum Gasteiger partial charge on any atom is -0.508 e. The first kappa shape index (κ1) is 17.8. The summed E-state index contributed by atoms with van der Waals surface area (Å²) in [5.41, 5.74) is 4.89. The van der Waals surface area contributed by atoms with Gasteiger partial charge in [-0.2, -0.15) is 0 Å². The van der Waals surface area contributed by atoms with E-state index in [1.54, 1.807) is 6.07 Å². The summed E-state index contributed by atoms with van der Waals surface area (Å²) in [6.45, 7) is 1.01. The van der Waals surface area contributed by atoms with E-state index in [-0.39, 0.29) is 0 Å². The average Bonchev–Trinajstić information content (AvgIpc) is 2.58. The highest BCUT2D eigenvalue weighted by Crippen LogP contribution is 2.36. The zero-order valence-electron chi connectivity index (χ0n) is 14.7. The van der Waals surface area contributed by atoms with Crippen molar-refractivity contribution < 1.29 is 5.11 Å². The van der Waals surface area contributed by atoms with Crippen molar-refractivity contribution in [1.82, 2.24) is 4.90 Å². The van der Waals surface area contributed by atoms with Gasteiger partial charge < -0.3 is 10.0 Å². The topological polar surface area (TPSA) is 23.5 Å². The Bertz CT molecular complexity index is 790. The third-order valence-electron chi connectivity index (χ3n) is 4.55. The van der Waals surface area contributed by atoms with Gasteiger partial charge in [0.2, 0.25) is 0 Å². The summed E-state index contributed by atoms with van der Waals surface area (Å²) >= 11 is 5.98. The van der Waals surface area contributed by atoms with Crippen LogP contribution in [0.2, 0.25) is 5.02 Å². The Morgan fingerprint density at radius 3 is 2.60 bits per heavy atom. The molecule has 2 aromatic carbocycles. The Morgan fingerprint density at radius 1 is 1.16 bits per heavy atom. The quantitative estimate of drug-likeness (QED) is 0.786. The lowest BCUT2D eigenvalue weighted by molar-refractivity contribution is 0.352. The number of hydrogen-bond acceptors (Lipinski definition) is 2. The number of allylic oxidation sites excluding steroid dienone is 2. The molecule has 2 nitrogen and oxygen atoms in total. The van der Waals surface area contributed by atoms with E-state index in [0.717, 1.165) is 35.5 Å². The van der Waals surface area contributed by atoms with Crippen LogP contribution < -0.4 is 0 Å². The van der Waals surface area contributed by atoms with E-state index in [2.05, 4.69) is 37.2 Å². The van der Waals surface area contributed by atoms with Crippen LogP contribution in [0.5, 0.6) is 5.75 Å². The molecule has 0 saturated heterocycles. The van der Waals surface area contributed by atoms with Gasteiger partial charge in [-0.05, 0) is 79.4 Å². The molecule has 0 bridgehead atoms. The lowest BCUT2D eigenvalue weighted by Gasteiger charge is -2.28. The van der Waals surface area contributed by atoms with Crippen molar-refractivity contribution in [3.8, 4) is 5.75 Å². The predicted molar refractivity (Wildman–Crippen MR) is 107 cm³/mol. The van der Waals surface area contributed by atoms with Crippen LogP contribution in [0.4, 0.5) is 0 Å². The Kier molecular flexibility index (Phi) is 5.62. The largest absolute Gasteiger partial charge is 0.508 e. The summed E-state index contributed by atoms with van der Waals surface area (Å²) < 4.78 is 0. The summed E-state index contributed by atoms with van der Waals surface area (Å²) in [5.74, 6) is 0.787. The highest BCUT2D eigenvalue weighted by molar-refractivity contribution is 6.30. The van der Waals surface area contributed by atoms with Crippen LogP contribution in [-0.2, 0) is 0 Å². The third-order valence-corrected chi connectivity index (χ3v) is 4.80. The minimum atomic E-state index is 0.316. The number of aromatic hydroxyl groups is 1. The monoisotopic (exact) mass is 353 g/mol. The number of halogens is 1. The van der Waals surface area contributed by atoms with Gasteiger partial charge in [-0.25, -0.2) is 0 Å². The summed E-state index contributed by atoms with van der Waals surface area (Å²) in [6.07, 6.45) is 6.69. The van der Waals surface area contributed by atoms with Crippen molar-refractivity contribution in [2.24, 2.45) is 5.92 Å². The number of phenols is 1. The average molecular weight is 354 g/mol. The van der Waals surface area contributed by atoms with Crippen LogP contribution in [-0.4, -0.2) is 30.6 Å². The fourth-order valence-electron chi connectivity index (χ4n) is 3.41. The van der Waals surface area contributed by atoms with E-state index in [1.807, 2.05) is 36.4 Å². The first-order valence-corrected chi connectivity index (χ1v) is 9.01. The Labute approximate surface area is 155 Å². The molecule has 1 unspecified atom stereocenters. The van der Waals surface area contributed by atoms with Crippen LogP contribution in [0.1, 0.15) is 24.0 Å². The van der Waals surface area contributed by atoms with Gasteiger partial charge in [0.05, 0.1) is 0 Å².